The molecule has 0 saturated carbocycles. The lowest BCUT2D eigenvalue weighted by Crippen LogP contribution is -2.22. The Bertz CT molecular complexity index is 1070. The smallest absolute Gasteiger partial charge is 0.418 e. The van der Waals surface area contributed by atoms with Crippen molar-refractivity contribution in [2.75, 3.05) is 11.9 Å². The van der Waals surface area contributed by atoms with Gasteiger partial charge in [0.1, 0.15) is 0 Å². The van der Waals surface area contributed by atoms with Gasteiger partial charge in [0.05, 0.1) is 16.8 Å². The van der Waals surface area contributed by atoms with E-state index >= 15 is 0 Å². The third-order valence-corrected chi connectivity index (χ3v) is 3.91. The summed E-state index contributed by atoms with van der Waals surface area (Å²) < 4.78 is 43.6. The highest BCUT2D eigenvalue weighted by molar-refractivity contribution is 5.96. The van der Waals surface area contributed by atoms with Crippen LogP contribution in [0.4, 0.5) is 18.9 Å². The number of benzene rings is 2. The Kier molecular flexibility index (Phi) is 5.92. The Labute approximate surface area is 163 Å². The molecule has 1 amide bonds. The summed E-state index contributed by atoms with van der Waals surface area (Å²) in [6.45, 7) is -0.719. The molecule has 1 heterocycles. The second-order valence-corrected chi connectivity index (χ2v) is 5.95. The molecule has 0 unspecified atom stereocenters. The van der Waals surface area contributed by atoms with Gasteiger partial charge in [-0.15, -0.1) is 0 Å². The van der Waals surface area contributed by atoms with Gasteiger partial charge in [0.25, 0.3) is 5.91 Å². The quantitative estimate of drug-likeness (QED) is 0.508. The molecule has 3 aromatic rings. The first-order valence-electron chi connectivity index (χ1n) is 8.49. The largest absolute Gasteiger partial charge is 0.452 e. The summed E-state index contributed by atoms with van der Waals surface area (Å²) in [7, 11) is 0. The number of hydrogen-bond donors (Lipinski definition) is 1. The second kappa shape index (κ2) is 8.55. The van der Waals surface area contributed by atoms with Crippen molar-refractivity contribution in [3.8, 4) is 0 Å². The second-order valence-electron chi connectivity index (χ2n) is 5.95. The number of aromatic nitrogens is 1. The summed E-state index contributed by atoms with van der Waals surface area (Å²) in [6.07, 6.45) is -0.369. The van der Waals surface area contributed by atoms with Gasteiger partial charge in [-0.1, -0.05) is 36.4 Å². The van der Waals surface area contributed by atoms with E-state index in [1.165, 1.54) is 18.2 Å². The number of ether oxygens (including phenoxy) is 1. The van der Waals surface area contributed by atoms with E-state index in [9.17, 15) is 22.8 Å². The fraction of sp³-hybridized carbons (Fsp3) is 0.0952. The summed E-state index contributed by atoms with van der Waals surface area (Å²) in [4.78, 5) is 28.0. The maximum atomic E-state index is 12.9. The van der Waals surface area contributed by atoms with Gasteiger partial charge in [-0.05, 0) is 24.3 Å². The maximum Gasteiger partial charge on any atom is 0.418 e. The summed E-state index contributed by atoms with van der Waals surface area (Å²) in [5.41, 5.74) is -0.00870. The monoisotopic (exact) mass is 400 g/mol. The van der Waals surface area contributed by atoms with E-state index in [1.54, 1.807) is 24.4 Å². The van der Waals surface area contributed by atoms with Crippen LogP contribution in [0.3, 0.4) is 0 Å². The van der Waals surface area contributed by atoms with Gasteiger partial charge < -0.3 is 10.1 Å². The number of para-hydroxylation sites is 2. The number of nitrogens with zero attached hydrogens (tertiary/aromatic N) is 1. The zero-order chi connectivity index (χ0) is 20.9. The van der Waals surface area contributed by atoms with Crippen LogP contribution in [-0.4, -0.2) is 23.5 Å². The van der Waals surface area contributed by atoms with Crippen LogP contribution in [0, 0.1) is 0 Å². The van der Waals surface area contributed by atoms with E-state index in [0.717, 1.165) is 23.6 Å². The number of carbonyl (C=O) groups is 2. The zero-order valence-corrected chi connectivity index (χ0v) is 14.9. The van der Waals surface area contributed by atoms with Crippen molar-refractivity contribution >= 4 is 34.5 Å². The molecule has 0 aliphatic rings. The van der Waals surface area contributed by atoms with Crippen molar-refractivity contribution in [3.05, 3.63) is 78.0 Å². The number of fused-ring (bicyclic) bond motifs is 1. The average Bonchev–Trinajstić information content (AvgIpc) is 2.70. The van der Waals surface area contributed by atoms with Gasteiger partial charge in [-0.25, -0.2) is 4.79 Å². The molecule has 0 aliphatic carbocycles. The Morgan fingerprint density at radius 2 is 1.79 bits per heavy atom. The van der Waals surface area contributed by atoms with Crippen molar-refractivity contribution in [3.63, 3.8) is 0 Å². The third-order valence-electron chi connectivity index (χ3n) is 3.91. The minimum atomic E-state index is -4.62. The fourth-order valence-electron chi connectivity index (χ4n) is 2.63. The molecule has 0 saturated heterocycles. The fourth-order valence-corrected chi connectivity index (χ4v) is 2.63. The molecule has 2 aromatic carbocycles. The van der Waals surface area contributed by atoms with Crippen molar-refractivity contribution < 1.29 is 27.5 Å². The lowest BCUT2D eigenvalue weighted by Gasteiger charge is -2.13. The standard InChI is InChI=1S/C21H15F3N2O3/c22-21(23,24)16-8-1-2-9-17(16)26-18(27)13-29-19(28)11-10-15-6-3-5-14-7-4-12-25-20(14)15/h1-12H,13H2,(H,26,27). The van der Waals surface area contributed by atoms with E-state index in [1.807, 2.05) is 12.1 Å². The Balaban J connectivity index is 1.60. The highest BCUT2D eigenvalue weighted by Gasteiger charge is 2.33. The predicted molar refractivity (Wildman–Crippen MR) is 102 cm³/mol. The van der Waals surface area contributed by atoms with Gasteiger partial charge in [-0.2, -0.15) is 13.2 Å². The summed E-state index contributed by atoms with van der Waals surface area (Å²) >= 11 is 0. The van der Waals surface area contributed by atoms with Crippen molar-refractivity contribution in [2.24, 2.45) is 0 Å². The molecule has 29 heavy (non-hydrogen) atoms. The van der Waals surface area contributed by atoms with Crippen LogP contribution in [0.1, 0.15) is 11.1 Å². The summed E-state index contributed by atoms with van der Waals surface area (Å²) in [5.74, 6) is -1.69. The molecule has 0 radical (unpaired) electrons. The lowest BCUT2D eigenvalue weighted by molar-refractivity contribution is -0.142. The van der Waals surface area contributed by atoms with E-state index in [-0.39, 0.29) is 0 Å². The third kappa shape index (κ3) is 5.19. The van der Waals surface area contributed by atoms with Crippen LogP contribution in [0.2, 0.25) is 0 Å². The normalized spacial score (nSPS) is 11.6. The molecule has 8 heteroatoms. The van der Waals surface area contributed by atoms with Crippen LogP contribution in [-0.2, 0) is 20.5 Å². The maximum absolute atomic E-state index is 12.9. The van der Waals surface area contributed by atoms with Gasteiger partial charge in [-0.3, -0.25) is 9.78 Å². The van der Waals surface area contributed by atoms with Crippen LogP contribution in [0.15, 0.2) is 66.9 Å². The highest BCUT2D eigenvalue weighted by atomic mass is 19.4. The van der Waals surface area contributed by atoms with Crippen LogP contribution < -0.4 is 5.32 Å². The van der Waals surface area contributed by atoms with Gasteiger partial charge in [0.2, 0.25) is 0 Å². The van der Waals surface area contributed by atoms with Gasteiger partial charge in [0.15, 0.2) is 6.61 Å². The molecule has 0 aliphatic heterocycles. The number of hydrogen-bond acceptors (Lipinski definition) is 4. The number of nitrogens with one attached hydrogen (secondary N) is 1. The Hall–Kier alpha value is -3.68. The van der Waals surface area contributed by atoms with Gasteiger partial charge >= 0.3 is 12.1 Å². The number of pyridine rings is 1. The predicted octanol–water partition coefficient (Wildman–Crippen LogP) is 4.45. The molecule has 0 bridgehead atoms. The van der Waals surface area contributed by atoms with E-state index < -0.39 is 35.9 Å². The number of amides is 1. The molecule has 0 atom stereocenters. The SMILES string of the molecule is O=C(COC(=O)C=Cc1cccc2cccnc12)Nc1ccccc1C(F)(F)F. The average molecular weight is 400 g/mol. The Morgan fingerprint density at radius 1 is 1.03 bits per heavy atom. The van der Waals surface area contributed by atoms with E-state index in [4.69, 9.17) is 4.74 Å². The molecule has 1 N–H and O–H groups in total. The highest BCUT2D eigenvalue weighted by Crippen LogP contribution is 2.34. The number of esters is 1. The molecule has 5 nitrogen and oxygen atoms in total. The van der Waals surface area contributed by atoms with Crippen LogP contribution in [0.5, 0.6) is 0 Å². The zero-order valence-electron chi connectivity index (χ0n) is 14.9. The number of alkyl halides is 3. The van der Waals surface area contributed by atoms with Crippen LogP contribution in [0.25, 0.3) is 17.0 Å². The molecular formula is C21H15F3N2O3. The molecular weight excluding hydrogens is 385 g/mol. The number of anilines is 1. The minimum absolute atomic E-state index is 0.404. The molecule has 0 fully saturated rings. The molecule has 1 aromatic heterocycles. The Morgan fingerprint density at radius 3 is 2.59 bits per heavy atom. The number of halogens is 3. The first-order valence-corrected chi connectivity index (χ1v) is 8.49. The molecule has 0 spiro atoms. The lowest BCUT2D eigenvalue weighted by atomic mass is 10.1. The molecule has 148 valence electrons. The van der Waals surface area contributed by atoms with Crippen molar-refractivity contribution in [1.82, 2.24) is 4.98 Å². The molecule has 3 rings (SSSR count). The van der Waals surface area contributed by atoms with Crippen molar-refractivity contribution in [1.29, 1.82) is 0 Å². The first kappa shape index (κ1) is 20.1. The van der Waals surface area contributed by atoms with E-state index in [0.29, 0.717) is 11.1 Å². The van der Waals surface area contributed by atoms with E-state index in [2.05, 4.69) is 10.3 Å². The number of rotatable bonds is 5. The summed E-state index contributed by atoms with van der Waals surface area (Å²) in [5, 5.41) is 2.99. The van der Waals surface area contributed by atoms with Crippen LogP contribution >= 0.6 is 0 Å². The first-order chi connectivity index (χ1) is 13.8. The topological polar surface area (TPSA) is 68.3 Å². The number of carbonyl (C=O) groups excluding carboxylic acids is 2. The summed E-state index contributed by atoms with van der Waals surface area (Å²) in [6, 6.07) is 13.7. The van der Waals surface area contributed by atoms with Crippen molar-refractivity contribution in [2.45, 2.75) is 6.18 Å². The minimum Gasteiger partial charge on any atom is -0.452 e. The van der Waals surface area contributed by atoms with Gasteiger partial charge in [0, 0.05) is 23.2 Å².